The molecule has 5 nitrogen and oxygen atoms in total. The zero-order valence-corrected chi connectivity index (χ0v) is 14.1. The molecule has 0 fully saturated rings. The van der Waals surface area contributed by atoms with E-state index in [0.717, 1.165) is 28.3 Å². The Balaban J connectivity index is 2.55. The van der Waals surface area contributed by atoms with Crippen molar-refractivity contribution in [1.82, 2.24) is 0 Å². The van der Waals surface area contributed by atoms with Gasteiger partial charge < -0.3 is 19.6 Å². The molecule has 0 unspecified atom stereocenters. The van der Waals surface area contributed by atoms with Crippen molar-refractivity contribution in [3.05, 3.63) is 35.4 Å². The number of nitrogens with one attached hydrogen (secondary N) is 1. The second-order valence-corrected chi connectivity index (χ2v) is 4.99. The van der Waals surface area contributed by atoms with Crippen molar-refractivity contribution in [2.45, 2.75) is 27.7 Å². The molecule has 0 saturated heterocycles. The SMILES string of the molecule is C/C=C/COc1cc(C)c(NCOC/C(C)=N/OC)c(C)c1. The molecule has 0 spiro atoms. The molecule has 0 aliphatic rings. The van der Waals surface area contributed by atoms with Crippen LogP contribution in [0.2, 0.25) is 0 Å². The summed E-state index contributed by atoms with van der Waals surface area (Å²) in [5.74, 6) is 0.877. The maximum atomic E-state index is 5.67. The Morgan fingerprint density at radius 3 is 2.55 bits per heavy atom. The lowest BCUT2D eigenvalue weighted by Crippen LogP contribution is -2.13. The zero-order chi connectivity index (χ0) is 16.4. The van der Waals surface area contributed by atoms with Gasteiger partial charge in [-0.2, -0.15) is 0 Å². The van der Waals surface area contributed by atoms with Gasteiger partial charge in [-0.3, -0.25) is 0 Å². The average molecular weight is 306 g/mol. The minimum Gasteiger partial charge on any atom is -0.490 e. The largest absolute Gasteiger partial charge is 0.490 e. The minimum atomic E-state index is 0.414. The first kappa shape index (κ1) is 18.0. The summed E-state index contributed by atoms with van der Waals surface area (Å²) in [6.07, 6.45) is 3.95. The monoisotopic (exact) mass is 306 g/mol. The molecule has 0 aromatic heterocycles. The molecular weight excluding hydrogens is 280 g/mol. The van der Waals surface area contributed by atoms with Crippen molar-refractivity contribution in [2.24, 2.45) is 5.16 Å². The van der Waals surface area contributed by atoms with E-state index in [9.17, 15) is 0 Å². The maximum Gasteiger partial charge on any atom is 0.120 e. The number of nitrogens with zero attached hydrogens (tertiary/aromatic N) is 1. The third-order valence-electron chi connectivity index (χ3n) is 3.00. The zero-order valence-electron chi connectivity index (χ0n) is 14.1. The van der Waals surface area contributed by atoms with E-state index in [1.54, 1.807) is 0 Å². The lowest BCUT2D eigenvalue weighted by atomic mass is 10.1. The van der Waals surface area contributed by atoms with Gasteiger partial charge in [0, 0.05) is 5.69 Å². The van der Waals surface area contributed by atoms with E-state index in [1.807, 2.05) is 38.1 Å². The number of anilines is 1. The topological polar surface area (TPSA) is 52.1 Å². The van der Waals surface area contributed by atoms with Crippen LogP contribution in [0.5, 0.6) is 5.75 Å². The highest BCUT2D eigenvalue weighted by Crippen LogP contribution is 2.26. The van der Waals surface area contributed by atoms with Crippen molar-refractivity contribution in [2.75, 3.05) is 32.4 Å². The van der Waals surface area contributed by atoms with E-state index in [0.29, 0.717) is 19.9 Å². The fraction of sp³-hybridized carbons (Fsp3) is 0.471. The first-order chi connectivity index (χ1) is 10.6. The van der Waals surface area contributed by atoms with E-state index < -0.39 is 0 Å². The van der Waals surface area contributed by atoms with Gasteiger partial charge >= 0.3 is 0 Å². The predicted molar refractivity (Wildman–Crippen MR) is 90.8 cm³/mol. The molecule has 0 radical (unpaired) electrons. The van der Waals surface area contributed by atoms with Crippen molar-refractivity contribution in [3.63, 3.8) is 0 Å². The summed E-state index contributed by atoms with van der Waals surface area (Å²) >= 11 is 0. The molecule has 0 bridgehead atoms. The average Bonchev–Trinajstić information content (AvgIpc) is 2.46. The van der Waals surface area contributed by atoms with Gasteiger partial charge in [0.15, 0.2) is 0 Å². The van der Waals surface area contributed by atoms with Crippen molar-refractivity contribution >= 4 is 11.4 Å². The van der Waals surface area contributed by atoms with Gasteiger partial charge in [0.2, 0.25) is 0 Å². The first-order valence-corrected chi connectivity index (χ1v) is 7.32. The van der Waals surface area contributed by atoms with Crippen LogP contribution in [0.3, 0.4) is 0 Å². The highest BCUT2D eigenvalue weighted by Gasteiger charge is 2.05. The first-order valence-electron chi connectivity index (χ1n) is 7.32. The molecule has 1 rings (SSSR count). The molecule has 0 heterocycles. The van der Waals surface area contributed by atoms with E-state index >= 15 is 0 Å². The third kappa shape index (κ3) is 6.18. The van der Waals surface area contributed by atoms with Crippen LogP contribution < -0.4 is 10.1 Å². The van der Waals surface area contributed by atoms with E-state index in [2.05, 4.69) is 29.2 Å². The normalized spacial score (nSPS) is 11.8. The number of hydrogen-bond donors (Lipinski definition) is 1. The Morgan fingerprint density at radius 1 is 1.27 bits per heavy atom. The fourth-order valence-corrected chi connectivity index (χ4v) is 2.03. The Kier molecular flexibility index (Phi) is 8.07. The number of oxime groups is 1. The van der Waals surface area contributed by atoms with Crippen LogP contribution in [0.25, 0.3) is 0 Å². The molecule has 0 saturated carbocycles. The van der Waals surface area contributed by atoms with Crippen molar-refractivity contribution in [1.29, 1.82) is 0 Å². The third-order valence-corrected chi connectivity index (χ3v) is 3.00. The number of hydrogen-bond acceptors (Lipinski definition) is 5. The summed E-state index contributed by atoms with van der Waals surface area (Å²) in [5.41, 5.74) is 4.12. The van der Waals surface area contributed by atoms with Gasteiger partial charge in [0.1, 0.15) is 26.2 Å². The molecule has 5 heteroatoms. The van der Waals surface area contributed by atoms with Gasteiger partial charge in [-0.15, -0.1) is 0 Å². The summed E-state index contributed by atoms with van der Waals surface area (Å²) in [4.78, 5) is 4.68. The highest BCUT2D eigenvalue weighted by molar-refractivity contribution is 5.82. The Labute approximate surface area is 132 Å². The van der Waals surface area contributed by atoms with Gasteiger partial charge in [-0.25, -0.2) is 0 Å². The summed E-state index contributed by atoms with van der Waals surface area (Å²) in [5, 5.41) is 7.08. The number of ether oxygens (including phenoxy) is 2. The summed E-state index contributed by atoms with van der Waals surface area (Å²) in [6, 6.07) is 4.05. The van der Waals surface area contributed by atoms with Gasteiger partial charge in [0.05, 0.1) is 12.3 Å². The summed E-state index contributed by atoms with van der Waals surface area (Å²) in [6.45, 7) is 9.37. The van der Waals surface area contributed by atoms with Crippen LogP contribution in [0, 0.1) is 13.8 Å². The van der Waals surface area contributed by atoms with Crippen molar-refractivity contribution < 1.29 is 14.3 Å². The summed E-state index contributed by atoms with van der Waals surface area (Å²) in [7, 11) is 1.52. The quantitative estimate of drug-likeness (QED) is 0.249. The second-order valence-electron chi connectivity index (χ2n) is 4.99. The van der Waals surface area contributed by atoms with Crippen LogP contribution in [0.1, 0.15) is 25.0 Å². The van der Waals surface area contributed by atoms with Crippen LogP contribution in [0.15, 0.2) is 29.4 Å². The predicted octanol–water partition coefficient (Wildman–Crippen LogP) is 3.67. The Morgan fingerprint density at radius 2 is 1.95 bits per heavy atom. The van der Waals surface area contributed by atoms with E-state index in [1.165, 1.54) is 7.11 Å². The minimum absolute atomic E-state index is 0.414. The van der Waals surface area contributed by atoms with Crippen LogP contribution in [-0.2, 0) is 9.57 Å². The van der Waals surface area contributed by atoms with E-state index in [-0.39, 0.29) is 0 Å². The molecule has 0 aliphatic heterocycles. The molecule has 0 aliphatic carbocycles. The number of benzene rings is 1. The van der Waals surface area contributed by atoms with Crippen LogP contribution >= 0.6 is 0 Å². The maximum absolute atomic E-state index is 5.67. The molecule has 1 aromatic carbocycles. The van der Waals surface area contributed by atoms with Gasteiger partial charge in [-0.05, 0) is 51.0 Å². The van der Waals surface area contributed by atoms with Crippen molar-refractivity contribution in [3.8, 4) is 5.75 Å². The molecule has 0 amide bonds. The molecule has 122 valence electrons. The smallest absolute Gasteiger partial charge is 0.120 e. The summed E-state index contributed by atoms with van der Waals surface area (Å²) < 4.78 is 11.2. The number of allylic oxidation sites excluding steroid dienone is 1. The Bertz CT molecular complexity index is 502. The molecule has 22 heavy (non-hydrogen) atoms. The van der Waals surface area contributed by atoms with Crippen LogP contribution in [-0.4, -0.2) is 32.8 Å². The lowest BCUT2D eigenvalue weighted by molar-refractivity contribution is 0.178. The van der Waals surface area contributed by atoms with Gasteiger partial charge in [-0.1, -0.05) is 17.3 Å². The number of aryl methyl sites for hydroxylation is 2. The highest BCUT2D eigenvalue weighted by atomic mass is 16.6. The molecule has 1 N–H and O–H groups in total. The molecule has 1 aromatic rings. The Hall–Kier alpha value is -2.01. The molecule has 0 atom stereocenters. The van der Waals surface area contributed by atoms with E-state index in [4.69, 9.17) is 9.47 Å². The second kappa shape index (κ2) is 9.84. The standard InChI is InChI=1S/C17H26N2O3/c1-6-7-8-22-16-9-13(2)17(14(3)10-16)18-12-21-11-15(4)19-20-5/h6-7,9-10,18H,8,11-12H2,1-5H3/b7-6+,19-15+. The fourth-order valence-electron chi connectivity index (χ4n) is 2.03. The lowest BCUT2D eigenvalue weighted by Gasteiger charge is -2.15. The number of rotatable bonds is 9. The molecular formula is C17H26N2O3. The van der Waals surface area contributed by atoms with Crippen LogP contribution in [0.4, 0.5) is 5.69 Å². The van der Waals surface area contributed by atoms with Gasteiger partial charge in [0.25, 0.3) is 0 Å².